The third-order valence-corrected chi connectivity index (χ3v) is 2.64. The highest BCUT2D eigenvalue weighted by Crippen LogP contribution is 2.30. The van der Waals surface area contributed by atoms with E-state index in [1.807, 2.05) is 0 Å². The summed E-state index contributed by atoms with van der Waals surface area (Å²) in [6.07, 6.45) is 6.50. The van der Waals surface area contributed by atoms with E-state index in [0.29, 0.717) is 18.8 Å². The fourth-order valence-corrected chi connectivity index (χ4v) is 1.82. The Morgan fingerprint density at radius 1 is 1.23 bits per heavy atom. The monoisotopic (exact) mass is 186 g/mol. The van der Waals surface area contributed by atoms with Gasteiger partial charge in [-0.2, -0.15) is 0 Å². The molecule has 3 nitrogen and oxygen atoms in total. The first kappa shape index (κ1) is 11.0. The highest BCUT2D eigenvalue weighted by atomic mass is 16.5. The second-order valence-electron chi connectivity index (χ2n) is 3.74. The number of aliphatic hydroxyl groups is 1. The highest BCUT2D eigenvalue weighted by Gasteiger charge is 2.27. The average Bonchev–Trinajstić information content (AvgIpc) is 2.19. The molecule has 0 aromatic heterocycles. The minimum atomic E-state index is -0.605. The van der Waals surface area contributed by atoms with Crippen LogP contribution in [0.15, 0.2) is 0 Å². The molecular formula is C9H19BO3. The SMILES string of the molecule is OCCCOB(O)C1CCCCC1. The van der Waals surface area contributed by atoms with Crippen molar-refractivity contribution in [3.8, 4) is 0 Å². The van der Waals surface area contributed by atoms with E-state index < -0.39 is 7.12 Å². The van der Waals surface area contributed by atoms with E-state index in [0.717, 1.165) is 12.8 Å². The Hall–Kier alpha value is -0.0551. The van der Waals surface area contributed by atoms with E-state index in [4.69, 9.17) is 9.76 Å². The van der Waals surface area contributed by atoms with Crippen molar-refractivity contribution in [1.29, 1.82) is 0 Å². The van der Waals surface area contributed by atoms with Gasteiger partial charge in [0.1, 0.15) is 0 Å². The van der Waals surface area contributed by atoms with Gasteiger partial charge in [-0.1, -0.05) is 32.1 Å². The smallest absolute Gasteiger partial charge is 0.427 e. The molecule has 4 heteroatoms. The topological polar surface area (TPSA) is 49.7 Å². The zero-order valence-electron chi connectivity index (χ0n) is 8.11. The van der Waals surface area contributed by atoms with Crippen LogP contribution in [0.3, 0.4) is 0 Å². The van der Waals surface area contributed by atoms with E-state index in [9.17, 15) is 5.02 Å². The van der Waals surface area contributed by atoms with Gasteiger partial charge >= 0.3 is 7.12 Å². The Morgan fingerprint density at radius 3 is 2.54 bits per heavy atom. The van der Waals surface area contributed by atoms with Gasteiger partial charge < -0.3 is 14.8 Å². The summed E-state index contributed by atoms with van der Waals surface area (Å²) in [5, 5.41) is 18.1. The third kappa shape index (κ3) is 4.11. The van der Waals surface area contributed by atoms with E-state index in [2.05, 4.69) is 0 Å². The molecule has 0 radical (unpaired) electrons. The maximum atomic E-state index is 9.60. The second kappa shape index (κ2) is 6.41. The maximum absolute atomic E-state index is 9.60. The number of aliphatic hydroxyl groups excluding tert-OH is 1. The molecule has 1 saturated carbocycles. The van der Waals surface area contributed by atoms with E-state index in [1.165, 1.54) is 19.3 Å². The summed E-state index contributed by atoms with van der Waals surface area (Å²) in [6.45, 7) is 0.603. The Bertz CT molecular complexity index is 126. The second-order valence-corrected chi connectivity index (χ2v) is 3.74. The highest BCUT2D eigenvalue weighted by molar-refractivity contribution is 6.44. The standard InChI is InChI=1S/C9H19BO3/c11-7-4-8-13-10(12)9-5-2-1-3-6-9/h9,11-12H,1-8H2. The first-order valence-corrected chi connectivity index (χ1v) is 5.25. The van der Waals surface area contributed by atoms with Crippen molar-refractivity contribution in [1.82, 2.24) is 0 Å². The molecule has 0 bridgehead atoms. The molecule has 76 valence electrons. The molecule has 0 unspecified atom stereocenters. The molecule has 1 aliphatic carbocycles. The molecule has 1 fully saturated rings. The Labute approximate surface area is 80.2 Å². The zero-order valence-corrected chi connectivity index (χ0v) is 8.11. The summed E-state index contributed by atoms with van der Waals surface area (Å²) >= 11 is 0. The molecule has 0 spiro atoms. The quantitative estimate of drug-likeness (QED) is 0.501. The van der Waals surface area contributed by atoms with Crippen LogP contribution in [0, 0.1) is 0 Å². The van der Waals surface area contributed by atoms with Gasteiger partial charge in [0.05, 0.1) is 0 Å². The van der Waals surface area contributed by atoms with Crippen LogP contribution in [-0.2, 0) is 4.65 Å². The van der Waals surface area contributed by atoms with E-state index in [1.54, 1.807) is 0 Å². The van der Waals surface area contributed by atoms with Crippen molar-refractivity contribution in [2.24, 2.45) is 0 Å². The zero-order chi connectivity index (χ0) is 9.52. The Morgan fingerprint density at radius 2 is 1.92 bits per heavy atom. The molecule has 0 aliphatic heterocycles. The molecule has 0 aromatic rings. The molecule has 2 N–H and O–H groups in total. The Balaban J connectivity index is 2.09. The molecular weight excluding hydrogens is 167 g/mol. The average molecular weight is 186 g/mol. The van der Waals surface area contributed by atoms with Crippen molar-refractivity contribution in [3.63, 3.8) is 0 Å². The molecule has 1 aliphatic rings. The van der Waals surface area contributed by atoms with Gasteiger partial charge in [0.15, 0.2) is 0 Å². The normalized spacial score (nSPS) is 18.9. The number of rotatable bonds is 5. The third-order valence-electron chi connectivity index (χ3n) is 2.64. The molecule has 0 aromatic carbocycles. The molecule has 1 rings (SSSR count). The summed E-state index contributed by atoms with van der Waals surface area (Å²) in [5.41, 5.74) is 0. The molecule has 0 atom stereocenters. The first-order valence-electron chi connectivity index (χ1n) is 5.25. The summed E-state index contributed by atoms with van der Waals surface area (Å²) < 4.78 is 5.22. The predicted octanol–water partition coefficient (Wildman–Crippen LogP) is 1.20. The summed E-state index contributed by atoms with van der Waals surface area (Å²) in [6, 6.07) is 0. The molecule has 0 saturated heterocycles. The summed E-state index contributed by atoms with van der Waals surface area (Å²) in [7, 11) is -0.605. The van der Waals surface area contributed by atoms with Crippen LogP contribution in [0.5, 0.6) is 0 Å². The lowest BCUT2D eigenvalue weighted by molar-refractivity contribution is 0.200. The van der Waals surface area contributed by atoms with Gasteiger partial charge in [0.25, 0.3) is 0 Å². The van der Waals surface area contributed by atoms with Gasteiger partial charge in [-0.05, 0) is 12.2 Å². The predicted molar refractivity (Wildman–Crippen MR) is 52.5 cm³/mol. The van der Waals surface area contributed by atoms with Gasteiger partial charge in [-0.3, -0.25) is 0 Å². The van der Waals surface area contributed by atoms with Crippen LogP contribution >= 0.6 is 0 Å². The number of hydrogen-bond donors (Lipinski definition) is 2. The van der Waals surface area contributed by atoms with Crippen molar-refractivity contribution in [3.05, 3.63) is 0 Å². The largest absolute Gasteiger partial charge is 0.457 e. The lowest BCUT2D eigenvalue weighted by atomic mass is 9.65. The maximum Gasteiger partial charge on any atom is 0.457 e. The van der Waals surface area contributed by atoms with Gasteiger partial charge in [-0.15, -0.1) is 0 Å². The fraction of sp³-hybridized carbons (Fsp3) is 1.00. The fourth-order valence-electron chi connectivity index (χ4n) is 1.82. The van der Waals surface area contributed by atoms with Crippen molar-refractivity contribution in [2.45, 2.75) is 44.3 Å². The van der Waals surface area contributed by atoms with Crippen molar-refractivity contribution >= 4 is 7.12 Å². The molecule has 0 amide bonds. The van der Waals surface area contributed by atoms with Crippen molar-refractivity contribution in [2.75, 3.05) is 13.2 Å². The minimum absolute atomic E-state index is 0.136. The van der Waals surface area contributed by atoms with Crippen LogP contribution in [0.4, 0.5) is 0 Å². The van der Waals surface area contributed by atoms with Crippen LogP contribution in [-0.4, -0.2) is 30.5 Å². The Kier molecular flexibility index (Phi) is 5.43. The molecule has 0 heterocycles. The van der Waals surface area contributed by atoms with Crippen LogP contribution in [0.1, 0.15) is 38.5 Å². The summed E-state index contributed by atoms with van der Waals surface area (Å²) in [5.74, 6) is 0.326. The van der Waals surface area contributed by atoms with E-state index >= 15 is 0 Å². The lowest BCUT2D eigenvalue weighted by Crippen LogP contribution is -2.27. The number of hydrogen-bond acceptors (Lipinski definition) is 3. The minimum Gasteiger partial charge on any atom is -0.427 e. The summed E-state index contributed by atoms with van der Waals surface area (Å²) in [4.78, 5) is 0. The van der Waals surface area contributed by atoms with Crippen LogP contribution in [0.2, 0.25) is 5.82 Å². The van der Waals surface area contributed by atoms with Gasteiger partial charge in [0, 0.05) is 13.2 Å². The van der Waals surface area contributed by atoms with E-state index in [-0.39, 0.29) is 6.61 Å². The van der Waals surface area contributed by atoms with Gasteiger partial charge in [0.2, 0.25) is 0 Å². The van der Waals surface area contributed by atoms with Gasteiger partial charge in [-0.25, -0.2) is 0 Å². The molecule has 13 heavy (non-hydrogen) atoms. The lowest BCUT2D eigenvalue weighted by Gasteiger charge is -2.23. The van der Waals surface area contributed by atoms with Crippen LogP contribution in [0.25, 0.3) is 0 Å². The van der Waals surface area contributed by atoms with Crippen LogP contribution < -0.4 is 0 Å². The first-order chi connectivity index (χ1) is 6.34. The van der Waals surface area contributed by atoms with Crippen molar-refractivity contribution < 1.29 is 14.8 Å².